The molecule has 1 amide bonds. The summed E-state index contributed by atoms with van der Waals surface area (Å²) >= 11 is 12.0. The van der Waals surface area contributed by atoms with E-state index in [4.69, 9.17) is 33.9 Å². The van der Waals surface area contributed by atoms with E-state index in [0.29, 0.717) is 6.54 Å². The summed E-state index contributed by atoms with van der Waals surface area (Å²) < 4.78 is 36.6. The van der Waals surface area contributed by atoms with E-state index in [9.17, 15) is 22.7 Å². The topological polar surface area (TPSA) is 77.9 Å². The van der Waals surface area contributed by atoms with Crippen molar-refractivity contribution in [2.45, 2.75) is 17.9 Å². The number of phenols is 1. The van der Waals surface area contributed by atoms with Crippen molar-refractivity contribution in [3.05, 3.63) is 51.8 Å². The van der Waals surface area contributed by atoms with Gasteiger partial charge in [0.15, 0.2) is 5.75 Å². The van der Waals surface area contributed by atoms with Gasteiger partial charge in [-0.3, -0.25) is 4.79 Å². The third-order valence-electron chi connectivity index (χ3n) is 4.68. The Bertz CT molecular complexity index is 1080. The van der Waals surface area contributed by atoms with E-state index in [0.717, 1.165) is 18.2 Å². The molecule has 2 aromatic rings. The Balaban J connectivity index is 1.85. The minimum absolute atomic E-state index is 0.0227. The Morgan fingerprint density at radius 1 is 1.17 bits per heavy atom. The molecule has 2 aromatic carbocycles. The van der Waals surface area contributed by atoms with Crippen LogP contribution in [0.4, 0.5) is 10.1 Å². The SMILES string of the molecule is C[C@@H]1CN(C(=O)c2ccc(F)cc2Cl)CCN1c1cc(S(=O)(=O)Cl)cc(Cl)c1O. The molecule has 1 saturated heterocycles. The van der Waals surface area contributed by atoms with Crippen molar-refractivity contribution >= 4 is 54.5 Å². The summed E-state index contributed by atoms with van der Waals surface area (Å²) in [5, 5.41) is 10.2. The van der Waals surface area contributed by atoms with Crippen molar-refractivity contribution < 1.29 is 22.7 Å². The summed E-state index contributed by atoms with van der Waals surface area (Å²) in [5.41, 5.74) is 0.394. The van der Waals surface area contributed by atoms with Gasteiger partial charge in [-0.2, -0.15) is 0 Å². The van der Waals surface area contributed by atoms with Gasteiger partial charge in [0, 0.05) is 36.4 Å². The molecule has 1 N–H and O–H groups in total. The van der Waals surface area contributed by atoms with Crippen LogP contribution in [0.1, 0.15) is 17.3 Å². The molecule has 1 fully saturated rings. The van der Waals surface area contributed by atoms with Crippen molar-refractivity contribution in [2.75, 3.05) is 24.5 Å². The number of hydrogen-bond acceptors (Lipinski definition) is 5. The first-order chi connectivity index (χ1) is 13.5. The van der Waals surface area contributed by atoms with Crippen LogP contribution in [-0.2, 0) is 9.05 Å². The number of carbonyl (C=O) groups excluding carboxylic acids is 1. The van der Waals surface area contributed by atoms with Crippen LogP contribution >= 0.6 is 33.9 Å². The molecule has 0 bridgehead atoms. The smallest absolute Gasteiger partial charge is 0.261 e. The zero-order valence-electron chi connectivity index (χ0n) is 15.1. The monoisotopic (exact) mass is 480 g/mol. The van der Waals surface area contributed by atoms with Gasteiger partial charge in [0.05, 0.1) is 26.2 Å². The number of anilines is 1. The van der Waals surface area contributed by atoms with Gasteiger partial charge in [-0.15, -0.1) is 0 Å². The minimum Gasteiger partial charge on any atom is -0.504 e. The fraction of sp³-hybridized carbons (Fsp3) is 0.278. The van der Waals surface area contributed by atoms with Crippen LogP contribution in [0, 0.1) is 5.82 Å². The highest BCUT2D eigenvalue weighted by Gasteiger charge is 2.31. The highest BCUT2D eigenvalue weighted by Crippen LogP contribution is 2.39. The van der Waals surface area contributed by atoms with Crippen LogP contribution in [0.15, 0.2) is 35.2 Å². The minimum atomic E-state index is -4.05. The third-order valence-corrected chi connectivity index (χ3v) is 6.62. The van der Waals surface area contributed by atoms with Gasteiger partial charge in [0.1, 0.15) is 5.82 Å². The molecule has 3 rings (SSSR count). The molecule has 1 atom stereocenters. The summed E-state index contributed by atoms with van der Waals surface area (Å²) in [7, 11) is 1.36. The Kier molecular flexibility index (Phi) is 6.19. The van der Waals surface area contributed by atoms with Gasteiger partial charge >= 0.3 is 0 Å². The van der Waals surface area contributed by atoms with E-state index >= 15 is 0 Å². The molecule has 0 saturated carbocycles. The third kappa shape index (κ3) is 4.55. The largest absolute Gasteiger partial charge is 0.504 e. The highest BCUT2D eigenvalue weighted by molar-refractivity contribution is 8.13. The lowest BCUT2D eigenvalue weighted by molar-refractivity contribution is 0.0726. The quantitative estimate of drug-likeness (QED) is 0.668. The molecule has 11 heteroatoms. The standard InChI is InChI=1S/C18H16Cl3FN2O4S/c1-10-9-23(18(26)13-3-2-11(22)6-14(13)19)4-5-24(10)16-8-12(29(21,27)28)7-15(20)17(16)25/h2-3,6-8,10,25H,4-5,9H2,1H3/t10-/m1/s1. The average Bonchev–Trinajstić information content (AvgIpc) is 2.62. The number of hydrogen-bond donors (Lipinski definition) is 1. The number of rotatable bonds is 3. The van der Waals surface area contributed by atoms with E-state index < -0.39 is 14.9 Å². The lowest BCUT2D eigenvalue weighted by Crippen LogP contribution is -2.53. The zero-order chi connectivity index (χ0) is 21.5. The molecule has 0 radical (unpaired) electrons. The maximum absolute atomic E-state index is 13.2. The van der Waals surface area contributed by atoms with E-state index in [1.807, 2.05) is 0 Å². The van der Waals surface area contributed by atoms with Crippen molar-refractivity contribution in [1.82, 2.24) is 4.90 Å². The Morgan fingerprint density at radius 3 is 2.45 bits per heavy atom. The molecule has 1 heterocycles. The Labute approximate surface area is 181 Å². The van der Waals surface area contributed by atoms with Gasteiger partial charge in [-0.05, 0) is 37.3 Å². The normalized spacial score (nSPS) is 17.5. The second kappa shape index (κ2) is 8.18. The first kappa shape index (κ1) is 22.0. The first-order valence-electron chi connectivity index (χ1n) is 8.47. The van der Waals surface area contributed by atoms with E-state index in [1.165, 1.54) is 12.1 Å². The van der Waals surface area contributed by atoms with Crippen molar-refractivity contribution in [1.29, 1.82) is 0 Å². The number of benzene rings is 2. The second-order valence-corrected chi connectivity index (χ2v) is 10.0. The van der Waals surface area contributed by atoms with Crippen LogP contribution in [0.25, 0.3) is 0 Å². The second-order valence-electron chi connectivity index (χ2n) is 6.63. The van der Waals surface area contributed by atoms with Gasteiger partial charge in [0.2, 0.25) is 0 Å². The van der Waals surface area contributed by atoms with Crippen molar-refractivity contribution in [3.63, 3.8) is 0 Å². The lowest BCUT2D eigenvalue weighted by atomic mass is 10.1. The summed E-state index contributed by atoms with van der Waals surface area (Å²) in [6.45, 7) is 2.63. The van der Waals surface area contributed by atoms with Gasteiger partial charge in [-0.1, -0.05) is 23.2 Å². The number of aromatic hydroxyl groups is 1. The van der Waals surface area contributed by atoms with Gasteiger partial charge in [0.25, 0.3) is 15.0 Å². The van der Waals surface area contributed by atoms with E-state index in [2.05, 4.69) is 0 Å². The molecule has 0 spiro atoms. The molecule has 156 valence electrons. The highest BCUT2D eigenvalue weighted by atomic mass is 35.7. The summed E-state index contributed by atoms with van der Waals surface area (Å²) in [6.07, 6.45) is 0. The molecule has 0 aromatic heterocycles. The fourth-order valence-corrected chi connectivity index (χ4v) is 4.56. The molecule has 1 aliphatic rings. The number of phenolic OH excluding ortho intramolecular Hbond substituents is 1. The number of halogens is 4. The number of piperazine rings is 1. The average molecular weight is 482 g/mol. The van der Waals surface area contributed by atoms with Crippen LogP contribution in [-0.4, -0.2) is 50.0 Å². The van der Waals surface area contributed by atoms with Crippen LogP contribution < -0.4 is 4.90 Å². The molecular weight excluding hydrogens is 466 g/mol. The Hall–Kier alpha value is -1.74. The maximum atomic E-state index is 13.2. The summed E-state index contributed by atoms with van der Waals surface area (Å²) in [5.74, 6) is -1.16. The molecular formula is C18H16Cl3FN2O4S. The molecule has 1 aliphatic heterocycles. The lowest BCUT2D eigenvalue weighted by Gasteiger charge is -2.41. The zero-order valence-corrected chi connectivity index (χ0v) is 18.2. The predicted molar refractivity (Wildman–Crippen MR) is 110 cm³/mol. The van der Waals surface area contributed by atoms with Crippen molar-refractivity contribution in [2.24, 2.45) is 0 Å². The molecule has 29 heavy (non-hydrogen) atoms. The van der Waals surface area contributed by atoms with Crippen LogP contribution in [0.5, 0.6) is 5.75 Å². The number of amides is 1. The molecule has 0 unspecified atom stereocenters. The summed E-state index contributed by atoms with van der Waals surface area (Å²) in [6, 6.07) is 5.60. The van der Waals surface area contributed by atoms with Crippen molar-refractivity contribution in [3.8, 4) is 5.75 Å². The van der Waals surface area contributed by atoms with E-state index in [-0.39, 0.29) is 57.0 Å². The molecule has 6 nitrogen and oxygen atoms in total. The number of carbonyl (C=O) groups is 1. The first-order valence-corrected chi connectivity index (χ1v) is 11.5. The number of nitrogens with zero attached hydrogens (tertiary/aromatic N) is 2. The predicted octanol–water partition coefficient (Wildman–Crippen LogP) is 4.12. The fourth-order valence-electron chi connectivity index (χ4n) is 3.25. The van der Waals surface area contributed by atoms with Crippen LogP contribution in [0.3, 0.4) is 0 Å². The maximum Gasteiger partial charge on any atom is 0.261 e. The van der Waals surface area contributed by atoms with Gasteiger partial charge in [-0.25, -0.2) is 12.8 Å². The summed E-state index contributed by atoms with van der Waals surface area (Å²) in [4.78, 5) is 15.8. The van der Waals surface area contributed by atoms with E-state index in [1.54, 1.807) is 16.7 Å². The van der Waals surface area contributed by atoms with Gasteiger partial charge < -0.3 is 14.9 Å². The molecule has 0 aliphatic carbocycles. The van der Waals surface area contributed by atoms with Crippen LogP contribution in [0.2, 0.25) is 10.0 Å². The Morgan fingerprint density at radius 2 is 1.86 bits per heavy atom.